The number of rotatable bonds is 6. The molecular formula is C28H26N4O6S. The molecule has 1 saturated heterocycles. The average Bonchev–Trinajstić information content (AvgIpc) is 3.56. The molecular weight excluding hydrogens is 520 g/mol. The summed E-state index contributed by atoms with van der Waals surface area (Å²) in [6, 6.07) is 9.66. The number of amides is 1. The van der Waals surface area contributed by atoms with Crippen molar-refractivity contribution in [3.8, 4) is 5.75 Å². The number of aromatic nitrogens is 3. The summed E-state index contributed by atoms with van der Waals surface area (Å²) in [5, 5.41) is 11.7. The Balaban J connectivity index is 1.76. The summed E-state index contributed by atoms with van der Waals surface area (Å²) in [6.45, 7) is 7.56. The van der Waals surface area contributed by atoms with E-state index in [0.29, 0.717) is 35.0 Å². The van der Waals surface area contributed by atoms with Crippen LogP contribution in [0.1, 0.15) is 50.8 Å². The zero-order valence-corrected chi connectivity index (χ0v) is 22.8. The third kappa shape index (κ3) is 4.24. The van der Waals surface area contributed by atoms with E-state index >= 15 is 0 Å². The molecule has 1 aromatic carbocycles. The van der Waals surface area contributed by atoms with Crippen LogP contribution in [0.3, 0.4) is 0 Å². The van der Waals surface area contributed by atoms with Crippen molar-refractivity contribution >= 4 is 45.5 Å². The number of hydrogen-bond donors (Lipinski definition) is 1. The smallest absolute Gasteiger partial charge is 0.350 e. The lowest BCUT2D eigenvalue weighted by Crippen LogP contribution is -2.29. The molecule has 1 aliphatic heterocycles. The normalized spacial score (nSPS) is 16.7. The Kier molecular flexibility index (Phi) is 6.69. The van der Waals surface area contributed by atoms with Crippen LogP contribution in [0.25, 0.3) is 11.4 Å². The fourth-order valence-corrected chi connectivity index (χ4v) is 5.74. The Bertz CT molecular complexity index is 1680. The highest BCUT2D eigenvalue weighted by molar-refractivity contribution is 7.17. The molecule has 0 radical (unpaired) electrons. The van der Waals surface area contributed by atoms with E-state index in [1.807, 2.05) is 36.6 Å². The first-order chi connectivity index (χ1) is 18.7. The maximum atomic E-state index is 13.6. The third-order valence-electron chi connectivity index (χ3n) is 6.60. The van der Waals surface area contributed by atoms with Crippen molar-refractivity contribution in [2.45, 2.75) is 33.7 Å². The van der Waals surface area contributed by atoms with Crippen molar-refractivity contribution in [1.82, 2.24) is 14.4 Å². The highest BCUT2D eigenvalue weighted by Gasteiger charge is 2.49. The topological polar surface area (TPSA) is 123 Å². The van der Waals surface area contributed by atoms with Crippen molar-refractivity contribution in [2.75, 3.05) is 18.6 Å². The monoisotopic (exact) mass is 546 g/mol. The first kappa shape index (κ1) is 26.1. The summed E-state index contributed by atoms with van der Waals surface area (Å²) in [7, 11) is 1.26. The van der Waals surface area contributed by atoms with Gasteiger partial charge in [0.05, 0.1) is 36.7 Å². The number of aliphatic hydroxyl groups is 1. The second kappa shape index (κ2) is 9.99. The van der Waals surface area contributed by atoms with Crippen molar-refractivity contribution < 1.29 is 29.0 Å². The number of imidazole rings is 1. The predicted octanol–water partition coefficient (Wildman–Crippen LogP) is 4.53. The van der Waals surface area contributed by atoms with Gasteiger partial charge in [0, 0.05) is 6.20 Å². The molecule has 0 aliphatic carbocycles. The molecule has 3 aromatic heterocycles. The molecule has 0 spiro atoms. The molecule has 10 nitrogen and oxygen atoms in total. The van der Waals surface area contributed by atoms with Crippen LogP contribution in [-0.2, 0) is 14.3 Å². The van der Waals surface area contributed by atoms with Gasteiger partial charge in [0.15, 0.2) is 10.9 Å². The van der Waals surface area contributed by atoms with Crippen LogP contribution in [-0.4, -0.2) is 50.9 Å². The zero-order chi connectivity index (χ0) is 28.0. The molecule has 11 heteroatoms. The third-order valence-corrected chi connectivity index (χ3v) is 7.74. The number of thiazole rings is 1. The Labute approximate surface area is 228 Å². The minimum Gasteiger partial charge on any atom is -0.505 e. The zero-order valence-electron chi connectivity index (χ0n) is 22.0. The van der Waals surface area contributed by atoms with Gasteiger partial charge in [-0.1, -0.05) is 29.5 Å². The lowest BCUT2D eigenvalue weighted by molar-refractivity contribution is -0.132. The van der Waals surface area contributed by atoms with E-state index in [0.717, 1.165) is 16.9 Å². The number of methoxy groups -OCH3 is 1. The van der Waals surface area contributed by atoms with E-state index < -0.39 is 29.5 Å². The number of anilines is 1. The molecule has 5 rings (SSSR count). The van der Waals surface area contributed by atoms with Gasteiger partial charge < -0.3 is 19.0 Å². The fraction of sp³-hybridized carbons (Fsp3) is 0.250. The molecule has 0 saturated carbocycles. The van der Waals surface area contributed by atoms with Crippen molar-refractivity contribution in [2.24, 2.45) is 0 Å². The molecule has 1 aliphatic rings. The summed E-state index contributed by atoms with van der Waals surface area (Å²) in [6.07, 6.45) is 1.82. The lowest BCUT2D eigenvalue weighted by Gasteiger charge is -2.23. The number of aryl methyl sites for hydroxylation is 3. The SMILES string of the molecule is CCOc1cccc(C2/C(=C(\O)c3nc4c(C)cccn4c3C)C(=O)C(=O)N2c2nc(C)c(C(=O)OC)s2)c1. The number of esters is 1. The van der Waals surface area contributed by atoms with Gasteiger partial charge in [-0.25, -0.2) is 14.8 Å². The molecule has 200 valence electrons. The van der Waals surface area contributed by atoms with E-state index in [-0.39, 0.29) is 21.3 Å². The minimum absolute atomic E-state index is 0.128. The van der Waals surface area contributed by atoms with Crippen LogP contribution in [0.4, 0.5) is 5.13 Å². The maximum Gasteiger partial charge on any atom is 0.350 e. The summed E-state index contributed by atoms with van der Waals surface area (Å²) in [4.78, 5) is 49.9. The van der Waals surface area contributed by atoms with E-state index in [1.165, 1.54) is 12.0 Å². The number of ether oxygens (including phenoxy) is 2. The largest absolute Gasteiger partial charge is 0.505 e. The van der Waals surface area contributed by atoms with Crippen LogP contribution in [0.15, 0.2) is 48.2 Å². The number of fused-ring (bicyclic) bond motifs is 1. The molecule has 4 heterocycles. The summed E-state index contributed by atoms with van der Waals surface area (Å²) in [5.41, 5.74) is 3.05. The first-order valence-electron chi connectivity index (χ1n) is 12.2. The second-order valence-corrected chi connectivity index (χ2v) is 9.99. The van der Waals surface area contributed by atoms with Gasteiger partial charge in [0.25, 0.3) is 5.78 Å². The van der Waals surface area contributed by atoms with E-state index in [2.05, 4.69) is 9.97 Å². The quantitative estimate of drug-likeness (QED) is 0.162. The van der Waals surface area contributed by atoms with Crippen LogP contribution in [0.2, 0.25) is 0 Å². The summed E-state index contributed by atoms with van der Waals surface area (Å²) < 4.78 is 12.3. The molecule has 4 aromatic rings. The molecule has 39 heavy (non-hydrogen) atoms. The van der Waals surface area contributed by atoms with Crippen molar-refractivity contribution in [3.05, 3.63) is 81.3 Å². The van der Waals surface area contributed by atoms with E-state index in [1.54, 1.807) is 38.1 Å². The molecule has 1 amide bonds. The Morgan fingerprint density at radius 2 is 1.90 bits per heavy atom. The first-order valence-corrected chi connectivity index (χ1v) is 13.0. The molecule has 1 unspecified atom stereocenters. The number of ketones is 1. The van der Waals surface area contributed by atoms with Crippen LogP contribution >= 0.6 is 11.3 Å². The number of pyridine rings is 1. The van der Waals surface area contributed by atoms with Gasteiger partial charge in [-0.15, -0.1) is 0 Å². The fourth-order valence-electron chi connectivity index (χ4n) is 4.73. The van der Waals surface area contributed by atoms with Crippen LogP contribution in [0.5, 0.6) is 5.75 Å². The average molecular weight is 547 g/mol. The second-order valence-electron chi connectivity index (χ2n) is 9.01. The van der Waals surface area contributed by atoms with Gasteiger partial charge in [0.1, 0.15) is 22.0 Å². The number of carbonyl (C=O) groups excluding carboxylic acids is 3. The van der Waals surface area contributed by atoms with Crippen molar-refractivity contribution in [1.29, 1.82) is 0 Å². The van der Waals surface area contributed by atoms with Gasteiger partial charge in [0.2, 0.25) is 0 Å². The Morgan fingerprint density at radius 1 is 1.13 bits per heavy atom. The molecule has 1 atom stereocenters. The van der Waals surface area contributed by atoms with Gasteiger partial charge in [-0.3, -0.25) is 14.5 Å². The summed E-state index contributed by atoms with van der Waals surface area (Å²) >= 11 is 0.939. The van der Waals surface area contributed by atoms with Gasteiger partial charge in [-0.2, -0.15) is 0 Å². The summed E-state index contributed by atoms with van der Waals surface area (Å²) in [5.74, 6) is -2.24. The van der Waals surface area contributed by atoms with Crippen LogP contribution < -0.4 is 9.64 Å². The molecule has 1 fully saturated rings. The predicted molar refractivity (Wildman–Crippen MR) is 145 cm³/mol. The van der Waals surface area contributed by atoms with Crippen molar-refractivity contribution in [3.63, 3.8) is 0 Å². The number of aliphatic hydroxyl groups excluding tert-OH is 1. The van der Waals surface area contributed by atoms with Gasteiger partial charge in [-0.05, 0) is 57.0 Å². The van der Waals surface area contributed by atoms with E-state index in [9.17, 15) is 19.5 Å². The number of carbonyl (C=O) groups is 3. The van der Waals surface area contributed by atoms with Crippen LogP contribution in [0, 0.1) is 20.8 Å². The Hall–Kier alpha value is -4.51. The molecule has 0 bridgehead atoms. The number of Topliss-reactive ketones (excluding diaryl/α,β-unsaturated/α-hetero) is 1. The minimum atomic E-state index is -1.05. The standard InChI is InChI=1S/C28H26N4O6S/c1-6-38-18-11-7-10-17(13-18)21-19(22(33)20-16(4)31-12-8-9-14(2)25(31)30-20)23(34)26(35)32(21)28-29-15(3)24(39-28)27(36)37-5/h7-13,21,33H,6H2,1-5H3/b22-19+. The highest BCUT2D eigenvalue weighted by Crippen LogP contribution is 2.44. The highest BCUT2D eigenvalue weighted by atomic mass is 32.1. The van der Waals surface area contributed by atoms with Gasteiger partial charge >= 0.3 is 11.9 Å². The maximum absolute atomic E-state index is 13.6. The van der Waals surface area contributed by atoms with E-state index in [4.69, 9.17) is 9.47 Å². The number of hydrogen-bond acceptors (Lipinski definition) is 9. The molecule has 1 N–H and O–H groups in total. The number of nitrogens with zero attached hydrogens (tertiary/aromatic N) is 4. The number of benzene rings is 1. The lowest BCUT2D eigenvalue weighted by atomic mass is 9.96. The Morgan fingerprint density at radius 3 is 2.59 bits per heavy atom.